The van der Waals surface area contributed by atoms with Crippen LogP contribution in [0.1, 0.15) is 37.7 Å². The highest BCUT2D eigenvalue weighted by molar-refractivity contribution is 9.10. The Bertz CT molecular complexity index is 771. The number of carbonyl (C=O) groups excluding carboxylic acids is 2. The van der Waals surface area contributed by atoms with E-state index in [-0.39, 0.29) is 11.9 Å². The van der Waals surface area contributed by atoms with Gasteiger partial charge in [0.15, 0.2) is 0 Å². The normalized spacial score (nSPS) is 13.1. The van der Waals surface area contributed by atoms with Crippen molar-refractivity contribution in [1.29, 1.82) is 0 Å². The van der Waals surface area contributed by atoms with Crippen LogP contribution in [0.3, 0.4) is 0 Å². The predicted octanol–water partition coefficient (Wildman–Crippen LogP) is 5.08. The van der Waals surface area contributed by atoms with E-state index in [1.54, 1.807) is 24.3 Å². The summed E-state index contributed by atoms with van der Waals surface area (Å²) in [5, 5.41) is 8.56. The Labute approximate surface area is 168 Å². The number of aryl methyl sites for hydroxylation is 1. The van der Waals surface area contributed by atoms with Crippen LogP contribution in [0, 0.1) is 0 Å². The van der Waals surface area contributed by atoms with E-state index in [4.69, 9.17) is 0 Å². The molecule has 1 fully saturated rings. The van der Waals surface area contributed by atoms with Gasteiger partial charge < -0.3 is 16.0 Å². The number of nitrogens with one attached hydrogen (secondary N) is 3. The third-order valence-electron chi connectivity index (χ3n) is 4.37. The van der Waals surface area contributed by atoms with Crippen LogP contribution in [0.4, 0.5) is 16.2 Å². The van der Waals surface area contributed by atoms with Crippen molar-refractivity contribution in [3.05, 3.63) is 58.6 Å². The number of hydrogen-bond donors (Lipinski definition) is 3. The van der Waals surface area contributed by atoms with Gasteiger partial charge in [0.2, 0.25) is 5.91 Å². The zero-order valence-electron chi connectivity index (χ0n) is 15.1. The largest absolute Gasteiger partial charge is 0.335 e. The number of benzene rings is 2. The molecule has 142 valence electrons. The first kappa shape index (κ1) is 19.4. The summed E-state index contributed by atoms with van der Waals surface area (Å²) in [4.78, 5) is 23.8. The molecule has 1 saturated carbocycles. The second kappa shape index (κ2) is 9.55. The molecule has 0 bridgehead atoms. The molecule has 5 nitrogen and oxygen atoms in total. The van der Waals surface area contributed by atoms with Crippen LogP contribution in [0.15, 0.2) is 53.0 Å². The molecule has 3 amide bonds. The minimum absolute atomic E-state index is 0.0120. The first-order chi connectivity index (χ1) is 13.1. The summed E-state index contributed by atoms with van der Waals surface area (Å²) in [6, 6.07) is 15.6. The SMILES string of the molecule is O=C(CCCCc1ccc(Br)cc1)Nc1ccc(NC(=O)NC2CC2)cc1. The van der Waals surface area contributed by atoms with Crippen LogP contribution in [-0.4, -0.2) is 18.0 Å². The van der Waals surface area contributed by atoms with Crippen molar-refractivity contribution in [3.63, 3.8) is 0 Å². The van der Waals surface area contributed by atoms with E-state index in [1.807, 2.05) is 12.1 Å². The maximum absolute atomic E-state index is 12.1. The highest BCUT2D eigenvalue weighted by Gasteiger charge is 2.23. The Morgan fingerprint density at radius 2 is 1.52 bits per heavy atom. The Balaban J connectivity index is 1.34. The molecule has 6 heteroatoms. The molecule has 2 aromatic carbocycles. The van der Waals surface area contributed by atoms with E-state index in [2.05, 4.69) is 44.0 Å². The van der Waals surface area contributed by atoms with Gasteiger partial charge in [0.05, 0.1) is 0 Å². The average molecular weight is 430 g/mol. The molecule has 1 aliphatic rings. The third kappa shape index (κ3) is 7.06. The van der Waals surface area contributed by atoms with Crippen molar-refractivity contribution in [1.82, 2.24) is 5.32 Å². The highest BCUT2D eigenvalue weighted by atomic mass is 79.9. The first-order valence-corrected chi connectivity index (χ1v) is 10.1. The number of carbonyl (C=O) groups is 2. The van der Waals surface area contributed by atoms with E-state index in [0.29, 0.717) is 18.2 Å². The van der Waals surface area contributed by atoms with Gasteiger partial charge in [-0.1, -0.05) is 28.1 Å². The molecule has 0 unspecified atom stereocenters. The lowest BCUT2D eigenvalue weighted by atomic mass is 10.1. The zero-order valence-corrected chi connectivity index (χ0v) is 16.7. The zero-order chi connectivity index (χ0) is 19.1. The van der Waals surface area contributed by atoms with E-state index >= 15 is 0 Å². The van der Waals surface area contributed by atoms with Gasteiger partial charge in [-0.2, -0.15) is 0 Å². The second-order valence-electron chi connectivity index (χ2n) is 6.83. The molecule has 3 N–H and O–H groups in total. The molecule has 1 aliphatic carbocycles. The first-order valence-electron chi connectivity index (χ1n) is 9.30. The Hall–Kier alpha value is -2.34. The summed E-state index contributed by atoms with van der Waals surface area (Å²) in [7, 11) is 0. The summed E-state index contributed by atoms with van der Waals surface area (Å²) in [5.74, 6) is 0.0120. The lowest BCUT2D eigenvalue weighted by molar-refractivity contribution is -0.116. The summed E-state index contributed by atoms with van der Waals surface area (Å²) in [6.07, 6.45) is 5.42. The fraction of sp³-hybridized carbons (Fsp3) is 0.333. The molecule has 27 heavy (non-hydrogen) atoms. The van der Waals surface area contributed by atoms with Gasteiger partial charge in [-0.25, -0.2) is 4.79 Å². The van der Waals surface area contributed by atoms with E-state index in [1.165, 1.54) is 5.56 Å². The van der Waals surface area contributed by atoms with Crippen molar-refractivity contribution in [3.8, 4) is 0 Å². The highest BCUT2D eigenvalue weighted by Crippen LogP contribution is 2.19. The van der Waals surface area contributed by atoms with Crippen LogP contribution < -0.4 is 16.0 Å². The van der Waals surface area contributed by atoms with Crippen LogP contribution in [0.25, 0.3) is 0 Å². The number of halogens is 1. The summed E-state index contributed by atoms with van der Waals surface area (Å²) in [5.41, 5.74) is 2.73. The Morgan fingerprint density at radius 1 is 0.889 bits per heavy atom. The van der Waals surface area contributed by atoms with Gasteiger partial charge in [-0.05, 0) is 74.1 Å². The Morgan fingerprint density at radius 3 is 2.15 bits per heavy atom. The second-order valence-corrected chi connectivity index (χ2v) is 7.75. The van der Waals surface area contributed by atoms with Gasteiger partial charge in [0.1, 0.15) is 0 Å². The quantitative estimate of drug-likeness (QED) is 0.511. The third-order valence-corrected chi connectivity index (χ3v) is 4.90. The molecule has 0 heterocycles. The summed E-state index contributed by atoms with van der Waals surface area (Å²) < 4.78 is 1.08. The van der Waals surface area contributed by atoms with Crippen LogP contribution >= 0.6 is 15.9 Å². The van der Waals surface area contributed by atoms with Gasteiger partial charge in [0, 0.05) is 28.3 Å². The van der Waals surface area contributed by atoms with Crippen LogP contribution in [0.2, 0.25) is 0 Å². The average Bonchev–Trinajstić information content (AvgIpc) is 3.46. The summed E-state index contributed by atoms with van der Waals surface area (Å²) in [6.45, 7) is 0. The minimum Gasteiger partial charge on any atom is -0.335 e. The van der Waals surface area contributed by atoms with Gasteiger partial charge in [0.25, 0.3) is 0 Å². The molecule has 0 radical (unpaired) electrons. The van der Waals surface area contributed by atoms with E-state index in [9.17, 15) is 9.59 Å². The lowest BCUT2D eigenvalue weighted by Gasteiger charge is -2.09. The number of urea groups is 1. The fourth-order valence-electron chi connectivity index (χ4n) is 2.71. The topological polar surface area (TPSA) is 70.2 Å². The van der Waals surface area contributed by atoms with Crippen molar-refractivity contribution < 1.29 is 9.59 Å². The van der Waals surface area contributed by atoms with Crippen LogP contribution in [0.5, 0.6) is 0 Å². The molecular formula is C21H24BrN3O2. The van der Waals surface area contributed by atoms with Crippen molar-refractivity contribution in [2.45, 2.75) is 44.6 Å². The molecule has 0 aromatic heterocycles. The van der Waals surface area contributed by atoms with Crippen molar-refractivity contribution in [2.75, 3.05) is 10.6 Å². The number of rotatable bonds is 8. The van der Waals surface area contributed by atoms with Crippen LogP contribution in [-0.2, 0) is 11.2 Å². The summed E-state index contributed by atoms with van der Waals surface area (Å²) >= 11 is 3.43. The fourth-order valence-corrected chi connectivity index (χ4v) is 2.97. The smallest absolute Gasteiger partial charge is 0.319 e. The van der Waals surface area contributed by atoms with E-state index in [0.717, 1.165) is 42.3 Å². The maximum atomic E-state index is 12.1. The standard InChI is InChI=1S/C21H24BrN3O2/c22-16-7-5-15(6-8-16)3-1-2-4-20(26)23-17-9-11-18(12-10-17)24-21(27)25-19-13-14-19/h5-12,19H,1-4,13-14H2,(H,23,26)(H2,24,25,27). The molecule has 0 atom stereocenters. The molecule has 2 aromatic rings. The van der Waals surface area contributed by atoms with Crippen molar-refractivity contribution >= 4 is 39.2 Å². The number of unbranched alkanes of at least 4 members (excludes halogenated alkanes) is 1. The number of anilines is 2. The molecular weight excluding hydrogens is 406 g/mol. The monoisotopic (exact) mass is 429 g/mol. The minimum atomic E-state index is -0.181. The molecule has 0 saturated heterocycles. The number of amides is 3. The number of hydrogen-bond acceptors (Lipinski definition) is 2. The van der Waals surface area contributed by atoms with Gasteiger partial charge in [-0.15, -0.1) is 0 Å². The van der Waals surface area contributed by atoms with E-state index < -0.39 is 0 Å². The van der Waals surface area contributed by atoms with Gasteiger partial charge >= 0.3 is 6.03 Å². The van der Waals surface area contributed by atoms with Crippen molar-refractivity contribution in [2.24, 2.45) is 0 Å². The Kier molecular flexibility index (Phi) is 6.87. The van der Waals surface area contributed by atoms with Gasteiger partial charge in [-0.3, -0.25) is 4.79 Å². The molecule has 0 aliphatic heterocycles. The predicted molar refractivity (Wildman–Crippen MR) is 112 cm³/mol. The molecule has 3 rings (SSSR count). The maximum Gasteiger partial charge on any atom is 0.319 e. The lowest BCUT2D eigenvalue weighted by Crippen LogP contribution is -2.30. The molecule has 0 spiro atoms.